The first-order valence-electron chi connectivity index (χ1n) is 9.43. The van der Waals surface area contributed by atoms with Crippen LogP contribution in [-0.2, 0) is 14.8 Å². The minimum absolute atomic E-state index is 0.0260. The van der Waals surface area contributed by atoms with Gasteiger partial charge in [0.05, 0.1) is 12.6 Å². The number of aromatic nitrogens is 1. The van der Waals surface area contributed by atoms with Crippen LogP contribution in [0.2, 0.25) is 0 Å². The van der Waals surface area contributed by atoms with Crippen LogP contribution in [0.1, 0.15) is 37.8 Å². The van der Waals surface area contributed by atoms with Crippen molar-refractivity contribution in [3.63, 3.8) is 0 Å². The molecule has 2 aromatic rings. The Balaban J connectivity index is 1.57. The van der Waals surface area contributed by atoms with Gasteiger partial charge in [-0.1, -0.05) is 12.1 Å². The molecule has 0 spiro atoms. The molecule has 1 atom stereocenters. The van der Waals surface area contributed by atoms with Crippen LogP contribution in [0.4, 0.5) is 0 Å². The molecule has 7 nitrogen and oxygen atoms in total. The molecule has 1 amide bonds. The first-order valence-corrected chi connectivity index (χ1v) is 10.9. The molecule has 28 heavy (non-hydrogen) atoms. The van der Waals surface area contributed by atoms with Crippen molar-refractivity contribution < 1.29 is 17.9 Å². The van der Waals surface area contributed by atoms with E-state index in [0.717, 1.165) is 24.2 Å². The first kappa shape index (κ1) is 20.3. The molecule has 0 bridgehead atoms. The van der Waals surface area contributed by atoms with E-state index in [1.54, 1.807) is 6.07 Å². The van der Waals surface area contributed by atoms with E-state index in [-0.39, 0.29) is 29.8 Å². The van der Waals surface area contributed by atoms with Crippen molar-refractivity contribution in [1.29, 1.82) is 0 Å². The standard InChI is InChI=1S/C20H25N3O4S/c1-2-27-17-9-7-16(8-10-17)19-6-4-14-23(19)20(24)11-13-22-28(25,26)18-5-3-12-21-15-18/h3,5,7-10,12,15,19,22H,2,4,6,11,13-14H2,1H3. The molecule has 3 rings (SSSR count). The minimum atomic E-state index is -3.65. The normalized spacial score (nSPS) is 16.9. The van der Waals surface area contributed by atoms with Gasteiger partial charge in [-0.25, -0.2) is 13.1 Å². The Hall–Kier alpha value is -2.45. The Morgan fingerprint density at radius 2 is 2.07 bits per heavy atom. The van der Waals surface area contributed by atoms with Gasteiger partial charge in [-0.15, -0.1) is 0 Å². The molecule has 1 unspecified atom stereocenters. The monoisotopic (exact) mass is 403 g/mol. The van der Waals surface area contributed by atoms with Gasteiger partial charge in [0.2, 0.25) is 15.9 Å². The fourth-order valence-electron chi connectivity index (χ4n) is 3.39. The first-order chi connectivity index (χ1) is 13.5. The highest BCUT2D eigenvalue weighted by Crippen LogP contribution is 2.33. The Kier molecular flexibility index (Phi) is 6.64. The second-order valence-electron chi connectivity index (χ2n) is 6.58. The lowest BCUT2D eigenvalue weighted by Crippen LogP contribution is -2.34. The molecular weight excluding hydrogens is 378 g/mol. The second-order valence-corrected chi connectivity index (χ2v) is 8.35. The number of carbonyl (C=O) groups excluding carboxylic acids is 1. The summed E-state index contributed by atoms with van der Waals surface area (Å²) in [4.78, 5) is 18.4. The highest BCUT2D eigenvalue weighted by molar-refractivity contribution is 7.89. The third-order valence-electron chi connectivity index (χ3n) is 4.72. The molecule has 1 N–H and O–H groups in total. The molecule has 1 aliphatic heterocycles. The Bertz CT molecular complexity index is 885. The lowest BCUT2D eigenvalue weighted by molar-refractivity contribution is -0.131. The van der Waals surface area contributed by atoms with Gasteiger partial charge in [-0.2, -0.15) is 0 Å². The maximum Gasteiger partial charge on any atom is 0.242 e. The molecule has 0 saturated carbocycles. The molecule has 0 aliphatic carbocycles. The number of hydrogen-bond acceptors (Lipinski definition) is 5. The highest BCUT2D eigenvalue weighted by Gasteiger charge is 2.29. The molecule has 150 valence electrons. The zero-order valence-corrected chi connectivity index (χ0v) is 16.7. The van der Waals surface area contributed by atoms with Crippen molar-refractivity contribution in [3.8, 4) is 5.75 Å². The fraction of sp³-hybridized carbons (Fsp3) is 0.400. The number of rotatable bonds is 8. The van der Waals surface area contributed by atoms with E-state index in [1.165, 1.54) is 18.5 Å². The van der Waals surface area contributed by atoms with Crippen LogP contribution in [0.15, 0.2) is 53.7 Å². The average Bonchev–Trinajstić information content (AvgIpc) is 3.19. The van der Waals surface area contributed by atoms with Crippen LogP contribution in [-0.4, -0.2) is 43.9 Å². The zero-order valence-electron chi connectivity index (χ0n) is 15.9. The summed E-state index contributed by atoms with van der Waals surface area (Å²) < 4.78 is 32.4. The number of ether oxygens (including phenoxy) is 1. The van der Waals surface area contributed by atoms with Crippen LogP contribution >= 0.6 is 0 Å². The van der Waals surface area contributed by atoms with E-state index < -0.39 is 10.0 Å². The van der Waals surface area contributed by atoms with Gasteiger partial charge >= 0.3 is 0 Å². The second kappa shape index (κ2) is 9.16. The molecule has 1 aromatic carbocycles. The highest BCUT2D eigenvalue weighted by atomic mass is 32.2. The molecule has 1 aliphatic rings. The van der Waals surface area contributed by atoms with Gasteiger partial charge in [0.15, 0.2) is 0 Å². The summed E-state index contributed by atoms with van der Waals surface area (Å²) in [6.45, 7) is 3.30. The molecule has 8 heteroatoms. The van der Waals surface area contributed by atoms with Gasteiger partial charge in [0.25, 0.3) is 0 Å². The fourth-order valence-corrected chi connectivity index (χ4v) is 4.38. The molecule has 1 saturated heterocycles. The van der Waals surface area contributed by atoms with Crippen LogP contribution < -0.4 is 9.46 Å². The van der Waals surface area contributed by atoms with E-state index in [0.29, 0.717) is 13.2 Å². The molecule has 1 fully saturated rings. The van der Waals surface area contributed by atoms with Crippen molar-refractivity contribution in [2.75, 3.05) is 19.7 Å². The summed E-state index contributed by atoms with van der Waals surface area (Å²) in [5, 5.41) is 0. The lowest BCUT2D eigenvalue weighted by Gasteiger charge is -2.25. The maximum absolute atomic E-state index is 12.7. The van der Waals surface area contributed by atoms with Crippen molar-refractivity contribution in [1.82, 2.24) is 14.6 Å². The van der Waals surface area contributed by atoms with Gasteiger partial charge < -0.3 is 9.64 Å². The summed E-state index contributed by atoms with van der Waals surface area (Å²) in [7, 11) is -3.65. The SMILES string of the molecule is CCOc1ccc(C2CCCN2C(=O)CCNS(=O)(=O)c2cccnc2)cc1. The number of pyridine rings is 1. The maximum atomic E-state index is 12.7. The van der Waals surface area contributed by atoms with Gasteiger partial charge in [-0.3, -0.25) is 9.78 Å². The molecular formula is C20H25N3O4S. The van der Waals surface area contributed by atoms with Gasteiger partial charge in [0, 0.05) is 31.9 Å². The largest absolute Gasteiger partial charge is 0.494 e. The smallest absolute Gasteiger partial charge is 0.242 e. The topological polar surface area (TPSA) is 88.6 Å². The third-order valence-corrected chi connectivity index (χ3v) is 6.17. The van der Waals surface area contributed by atoms with E-state index in [2.05, 4.69) is 9.71 Å². The summed E-state index contributed by atoms with van der Waals surface area (Å²) in [5.41, 5.74) is 1.07. The van der Waals surface area contributed by atoms with E-state index in [4.69, 9.17) is 4.74 Å². The summed E-state index contributed by atoms with van der Waals surface area (Å²) in [5.74, 6) is 0.761. The molecule has 1 aromatic heterocycles. The number of nitrogens with one attached hydrogen (secondary N) is 1. The van der Waals surface area contributed by atoms with Crippen LogP contribution in [0.5, 0.6) is 5.75 Å². The van der Waals surface area contributed by atoms with Crippen LogP contribution in [0.25, 0.3) is 0 Å². The summed E-state index contributed by atoms with van der Waals surface area (Å²) >= 11 is 0. The number of carbonyl (C=O) groups is 1. The number of sulfonamides is 1. The van der Waals surface area contributed by atoms with Crippen molar-refractivity contribution >= 4 is 15.9 Å². The quantitative estimate of drug-likeness (QED) is 0.732. The predicted octanol–water partition coefficient (Wildman–Crippen LogP) is 2.51. The lowest BCUT2D eigenvalue weighted by atomic mass is 10.0. The number of hydrogen-bond donors (Lipinski definition) is 1. The summed E-state index contributed by atoms with van der Waals surface area (Å²) in [6.07, 6.45) is 4.75. The van der Waals surface area contributed by atoms with E-state index in [9.17, 15) is 13.2 Å². The van der Waals surface area contributed by atoms with Crippen molar-refractivity contribution in [3.05, 3.63) is 54.4 Å². The average molecular weight is 404 g/mol. The predicted molar refractivity (Wildman–Crippen MR) is 105 cm³/mol. The third kappa shape index (κ3) is 4.88. The Morgan fingerprint density at radius 1 is 1.29 bits per heavy atom. The van der Waals surface area contributed by atoms with Crippen molar-refractivity contribution in [2.45, 2.75) is 37.1 Å². The number of nitrogens with zero attached hydrogens (tertiary/aromatic N) is 2. The number of benzene rings is 1. The number of amides is 1. The van der Waals surface area contributed by atoms with E-state index >= 15 is 0 Å². The minimum Gasteiger partial charge on any atom is -0.494 e. The Labute approximate surface area is 165 Å². The Morgan fingerprint density at radius 3 is 2.75 bits per heavy atom. The van der Waals surface area contributed by atoms with Gasteiger partial charge in [0.1, 0.15) is 10.6 Å². The van der Waals surface area contributed by atoms with Crippen LogP contribution in [0, 0.1) is 0 Å². The van der Waals surface area contributed by atoms with Crippen molar-refractivity contribution in [2.24, 2.45) is 0 Å². The van der Waals surface area contributed by atoms with Crippen LogP contribution in [0.3, 0.4) is 0 Å². The molecule has 0 radical (unpaired) electrons. The number of likely N-dealkylation sites (tertiary alicyclic amines) is 1. The van der Waals surface area contributed by atoms with Gasteiger partial charge in [-0.05, 0) is 49.6 Å². The van der Waals surface area contributed by atoms with E-state index in [1.807, 2.05) is 36.1 Å². The molecule has 2 heterocycles. The zero-order chi connectivity index (χ0) is 20.0. The summed E-state index contributed by atoms with van der Waals surface area (Å²) in [6, 6.07) is 10.9.